The van der Waals surface area contributed by atoms with Gasteiger partial charge in [0, 0.05) is 5.56 Å². The Morgan fingerprint density at radius 3 is 2.56 bits per heavy atom. The van der Waals surface area contributed by atoms with E-state index in [1.165, 1.54) is 0 Å². The Labute approximate surface area is 95.4 Å². The van der Waals surface area contributed by atoms with Crippen molar-refractivity contribution in [3.63, 3.8) is 0 Å². The normalized spacial score (nSPS) is 9.81. The smallest absolute Gasteiger partial charge is 0.125 e. The van der Waals surface area contributed by atoms with Crippen LogP contribution in [0.3, 0.4) is 0 Å². The topological polar surface area (TPSA) is 18.5 Å². The number of ether oxygens (including phenoxy) is 2. The first-order chi connectivity index (χ1) is 7.90. The third-order valence-electron chi connectivity index (χ3n) is 2.27. The Morgan fingerprint density at radius 1 is 1.06 bits per heavy atom. The summed E-state index contributed by atoms with van der Waals surface area (Å²) in [6.45, 7) is 0.508. The van der Waals surface area contributed by atoms with E-state index < -0.39 is 0 Å². The Morgan fingerprint density at radius 2 is 1.81 bits per heavy atom. The molecule has 0 aliphatic carbocycles. The van der Waals surface area contributed by atoms with Gasteiger partial charge in [0.2, 0.25) is 0 Å². The van der Waals surface area contributed by atoms with Gasteiger partial charge in [0.25, 0.3) is 0 Å². The van der Waals surface area contributed by atoms with Crippen LogP contribution in [-0.2, 0) is 6.61 Å². The maximum atomic E-state index is 5.63. The molecule has 0 bridgehead atoms. The van der Waals surface area contributed by atoms with E-state index >= 15 is 0 Å². The van der Waals surface area contributed by atoms with Gasteiger partial charge < -0.3 is 9.47 Å². The van der Waals surface area contributed by atoms with E-state index in [1.807, 2.05) is 48.5 Å². The van der Waals surface area contributed by atoms with Crippen molar-refractivity contribution >= 4 is 0 Å². The Bertz CT molecular complexity index is 437. The van der Waals surface area contributed by atoms with Crippen molar-refractivity contribution in [3.05, 3.63) is 60.2 Å². The third-order valence-corrected chi connectivity index (χ3v) is 2.27. The Hall–Kier alpha value is -1.96. The minimum Gasteiger partial charge on any atom is -0.496 e. The van der Waals surface area contributed by atoms with Gasteiger partial charge in [-0.3, -0.25) is 0 Å². The molecule has 0 amide bonds. The standard InChI is InChI=1S/C14H13O2/c1-15-14-10-6-5-7-12(14)11-16-13-8-3-2-4-9-13/h3-10H,11H2,1H3. The van der Waals surface area contributed by atoms with Crippen LogP contribution in [0.15, 0.2) is 48.5 Å². The molecule has 0 aliphatic heterocycles. The maximum absolute atomic E-state index is 5.63. The highest BCUT2D eigenvalue weighted by Gasteiger charge is 2.01. The molecule has 2 aromatic rings. The number of hydrogen-bond acceptors (Lipinski definition) is 2. The molecule has 0 aromatic heterocycles. The zero-order valence-electron chi connectivity index (χ0n) is 9.14. The predicted molar refractivity (Wildman–Crippen MR) is 62.6 cm³/mol. The number of para-hydroxylation sites is 1. The summed E-state index contributed by atoms with van der Waals surface area (Å²) in [4.78, 5) is 0. The van der Waals surface area contributed by atoms with Crippen molar-refractivity contribution in [2.75, 3.05) is 7.11 Å². The molecule has 2 nitrogen and oxygen atoms in total. The highest BCUT2D eigenvalue weighted by atomic mass is 16.5. The lowest BCUT2D eigenvalue weighted by Crippen LogP contribution is -1.98. The van der Waals surface area contributed by atoms with Gasteiger partial charge in [-0.15, -0.1) is 0 Å². The highest BCUT2D eigenvalue weighted by molar-refractivity contribution is 5.33. The van der Waals surface area contributed by atoms with Crippen molar-refractivity contribution in [1.82, 2.24) is 0 Å². The second-order valence-corrected chi connectivity index (χ2v) is 3.34. The minimum absolute atomic E-state index is 0.508. The lowest BCUT2D eigenvalue weighted by atomic mass is 10.2. The van der Waals surface area contributed by atoms with Crippen molar-refractivity contribution in [2.45, 2.75) is 6.61 Å². The van der Waals surface area contributed by atoms with Crippen LogP contribution in [0.5, 0.6) is 11.5 Å². The lowest BCUT2D eigenvalue weighted by Gasteiger charge is -2.09. The van der Waals surface area contributed by atoms with Crippen LogP contribution in [0.2, 0.25) is 0 Å². The fraction of sp³-hybridized carbons (Fsp3) is 0.143. The molecule has 0 saturated carbocycles. The SMILES string of the molecule is COc1ccccc1COc1cc[c]cc1. The summed E-state index contributed by atoms with van der Waals surface area (Å²) >= 11 is 0. The summed E-state index contributed by atoms with van der Waals surface area (Å²) in [6, 6.07) is 18.2. The van der Waals surface area contributed by atoms with Gasteiger partial charge in [-0.2, -0.15) is 0 Å². The fourth-order valence-corrected chi connectivity index (χ4v) is 1.45. The first-order valence-electron chi connectivity index (χ1n) is 5.11. The van der Waals surface area contributed by atoms with Crippen molar-refractivity contribution in [1.29, 1.82) is 0 Å². The predicted octanol–water partition coefficient (Wildman–Crippen LogP) is 3.07. The molecule has 2 aromatic carbocycles. The van der Waals surface area contributed by atoms with E-state index in [4.69, 9.17) is 9.47 Å². The first kappa shape index (κ1) is 10.6. The highest BCUT2D eigenvalue weighted by Crippen LogP contribution is 2.19. The molecular formula is C14H13O2. The molecule has 0 atom stereocenters. The third kappa shape index (κ3) is 2.54. The lowest BCUT2D eigenvalue weighted by molar-refractivity contribution is 0.296. The van der Waals surface area contributed by atoms with E-state index in [0.717, 1.165) is 17.1 Å². The van der Waals surface area contributed by atoms with Crippen LogP contribution in [-0.4, -0.2) is 7.11 Å². The molecule has 0 N–H and O–H groups in total. The van der Waals surface area contributed by atoms with Crippen LogP contribution < -0.4 is 9.47 Å². The maximum Gasteiger partial charge on any atom is 0.125 e. The summed E-state index contributed by atoms with van der Waals surface area (Å²) in [5, 5.41) is 0. The summed E-state index contributed by atoms with van der Waals surface area (Å²) < 4.78 is 10.9. The average Bonchev–Trinajstić information content (AvgIpc) is 2.38. The molecule has 0 spiro atoms. The molecule has 0 fully saturated rings. The first-order valence-corrected chi connectivity index (χ1v) is 5.11. The van der Waals surface area contributed by atoms with Crippen LogP contribution in [0.1, 0.15) is 5.56 Å². The minimum atomic E-state index is 0.508. The molecule has 2 heteroatoms. The zero-order chi connectivity index (χ0) is 11.2. The molecule has 0 saturated heterocycles. The van der Waals surface area contributed by atoms with Gasteiger partial charge >= 0.3 is 0 Å². The van der Waals surface area contributed by atoms with Gasteiger partial charge in [-0.05, 0) is 24.3 Å². The average molecular weight is 213 g/mol. The van der Waals surface area contributed by atoms with Crippen molar-refractivity contribution in [3.8, 4) is 11.5 Å². The summed E-state index contributed by atoms with van der Waals surface area (Å²) in [7, 11) is 1.66. The quantitative estimate of drug-likeness (QED) is 0.777. The summed E-state index contributed by atoms with van der Waals surface area (Å²) in [5.74, 6) is 1.69. The molecule has 2 rings (SSSR count). The molecule has 0 heterocycles. The largest absolute Gasteiger partial charge is 0.496 e. The molecular weight excluding hydrogens is 200 g/mol. The number of hydrogen-bond donors (Lipinski definition) is 0. The van der Waals surface area contributed by atoms with Gasteiger partial charge in [-0.25, -0.2) is 0 Å². The van der Waals surface area contributed by atoms with E-state index in [0.29, 0.717) is 6.61 Å². The second kappa shape index (κ2) is 5.21. The number of methoxy groups -OCH3 is 1. The molecule has 0 aliphatic rings. The number of benzene rings is 2. The van der Waals surface area contributed by atoms with Gasteiger partial charge in [-0.1, -0.05) is 30.3 Å². The zero-order valence-corrected chi connectivity index (χ0v) is 9.14. The van der Waals surface area contributed by atoms with Gasteiger partial charge in [0.05, 0.1) is 7.11 Å². The van der Waals surface area contributed by atoms with Gasteiger partial charge in [0.15, 0.2) is 0 Å². The molecule has 0 unspecified atom stereocenters. The van der Waals surface area contributed by atoms with Crippen LogP contribution in [0.25, 0.3) is 0 Å². The van der Waals surface area contributed by atoms with Crippen LogP contribution in [0.4, 0.5) is 0 Å². The molecule has 81 valence electrons. The van der Waals surface area contributed by atoms with E-state index in [2.05, 4.69) is 6.07 Å². The van der Waals surface area contributed by atoms with Crippen LogP contribution in [0, 0.1) is 6.07 Å². The van der Waals surface area contributed by atoms with Crippen molar-refractivity contribution in [2.24, 2.45) is 0 Å². The Kier molecular flexibility index (Phi) is 3.44. The van der Waals surface area contributed by atoms with E-state index in [-0.39, 0.29) is 0 Å². The monoisotopic (exact) mass is 213 g/mol. The van der Waals surface area contributed by atoms with Crippen molar-refractivity contribution < 1.29 is 9.47 Å². The van der Waals surface area contributed by atoms with Crippen LogP contribution >= 0.6 is 0 Å². The summed E-state index contributed by atoms with van der Waals surface area (Å²) in [5.41, 5.74) is 1.04. The molecule has 1 radical (unpaired) electrons. The number of rotatable bonds is 4. The summed E-state index contributed by atoms with van der Waals surface area (Å²) in [6.07, 6.45) is 0. The Balaban J connectivity index is 2.05. The second-order valence-electron chi connectivity index (χ2n) is 3.34. The van der Waals surface area contributed by atoms with Gasteiger partial charge in [0.1, 0.15) is 18.1 Å². The van der Waals surface area contributed by atoms with E-state index in [9.17, 15) is 0 Å². The molecule has 16 heavy (non-hydrogen) atoms. The van der Waals surface area contributed by atoms with E-state index in [1.54, 1.807) is 7.11 Å². The fourth-order valence-electron chi connectivity index (χ4n) is 1.45.